The van der Waals surface area contributed by atoms with E-state index < -0.39 is 6.04 Å². The van der Waals surface area contributed by atoms with Gasteiger partial charge in [0.25, 0.3) is 5.91 Å². The van der Waals surface area contributed by atoms with E-state index in [0.29, 0.717) is 21.5 Å². The molecule has 5 nitrogen and oxygen atoms in total. The fourth-order valence-corrected chi connectivity index (χ4v) is 3.91. The summed E-state index contributed by atoms with van der Waals surface area (Å²) in [6.45, 7) is 1.89. The molecular weight excluding hydrogens is 394 g/mol. The molecule has 1 aliphatic heterocycles. The number of hydrogen-bond donors (Lipinski definition) is 1. The van der Waals surface area contributed by atoms with E-state index in [1.54, 1.807) is 32.2 Å². The van der Waals surface area contributed by atoms with E-state index in [4.69, 9.17) is 28.6 Å². The summed E-state index contributed by atoms with van der Waals surface area (Å²) in [7, 11) is 5.07. The molecule has 1 amide bonds. The van der Waals surface area contributed by atoms with Crippen molar-refractivity contribution in [3.63, 3.8) is 0 Å². The van der Waals surface area contributed by atoms with Crippen molar-refractivity contribution in [2.75, 3.05) is 26.1 Å². The van der Waals surface area contributed by atoms with Gasteiger partial charge in [0, 0.05) is 24.8 Å². The Bertz CT molecular complexity index is 958. The van der Waals surface area contributed by atoms with Gasteiger partial charge in [0.05, 0.1) is 24.4 Å². The Hall–Kier alpha value is -2.57. The standard InChI is InChI=1S/C21H22ClN3O2S/c1-13-18(20(26)24(2)3)19(14-9-5-6-10-15(14)22)23-21(28)25(13)16-11-7-8-12-17(16)27-4/h5-12,19H,1-4H3,(H,23,28)/t19-/m0/s1. The summed E-state index contributed by atoms with van der Waals surface area (Å²) in [5.41, 5.74) is 2.88. The van der Waals surface area contributed by atoms with Gasteiger partial charge in [0.1, 0.15) is 5.75 Å². The maximum absolute atomic E-state index is 13.1. The van der Waals surface area contributed by atoms with Crippen LogP contribution < -0.4 is 15.0 Å². The highest BCUT2D eigenvalue weighted by molar-refractivity contribution is 7.80. The van der Waals surface area contributed by atoms with Crippen molar-refractivity contribution in [1.82, 2.24) is 10.2 Å². The number of halogens is 1. The number of nitrogens with zero attached hydrogens (tertiary/aromatic N) is 2. The van der Waals surface area contributed by atoms with Crippen LogP contribution >= 0.6 is 23.8 Å². The highest BCUT2D eigenvalue weighted by Gasteiger charge is 2.36. The second-order valence-corrected chi connectivity index (χ2v) is 7.40. The zero-order valence-corrected chi connectivity index (χ0v) is 17.8. The van der Waals surface area contributed by atoms with Crippen LogP contribution in [0.1, 0.15) is 18.5 Å². The molecule has 1 heterocycles. The zero-order valence-electron chi connectivity index (χ0n) is 16.2. The smallest absolute Gasteiger partial charge is 0.253 e. The summed E-state index contributed by atoms with van der Waals surface area (Å²) in [6, 6.07) is 14.6. The Balaban J connectivity index is 2.22. The third-order valence-electron chi connectivity index (χ3n) is 4.66. The topological polar surface area (TPSA) is 44.8 Å². The molecule has 2 aromatic rings. The van der Waals surface area contributed by atoms with Crippen molar-refractivity contribution in [3.8, 4) is 5.75 Å². The SMILES string of the molecule is COc1ccccc1N1C(=S)N[C@@H](c2ccccc2Cl)C(C(=O)N(C)C)=C1C. The molecule has 1 N–H and O–H groups in total. The minimum atomic E-state index is -0.443. The van der Waals surface area contributed by atoms with E-state index in [1.165, 1.54) is 0 Å². The lowest BCUT2D eigenvalue weighted by molar-refractivity contribution is -0.125. The maximum atomic E-state index is 13.1. The highest BCUT2D eigenvalue weighted by atomic mass is 35.5. The molecule has 0 aromatic heterocycles. The van der Waals surface area contributed by atoms with E-state index in [2.05, 4.69) is 5.32 Å². The number of amides is 1. The molecule has 0 aliphatic carbocycles. The number of benzene rings is 2. The summed E-state index contributed by atoms with van der Waals surface area (Å²) in [4.78, 5) is 16.5. The molecule has 7 heteroatoms. The average molecular weight is 416 g/mol. The molecule has 0 bridgehead atoms. The molecule has 28 heavy (non-hydrogen) atoms. The van der Waals surface area contributed by atoms with Gasteiger partial charge in [-0.2, -0.15) is 0 Å². The van der Waals surface area contributed by atoms with E-state index in [9.17, 15) is 4.79 Å². The van der Waals surface area contributed by atoms with Crippen molar-refractivity contribution < 1.29 is 9.53 Å². The van der Waals surface area contributed by atoms with Gasteiger partial charge in [0.15, 0.2) is 5.11 Å². The number of likely N-dealkylation sites (N-methyl/N-ethyl adjacent to an activating group) is 1. The minimum absolute atomic E-state index is 0.114. The third-order valence-corrected chi connectivity index (χ3v) is 5.31. The predicted molar refractivity (Wildman–Crippen MR) is 117 cm³/mol. The van der Waals surface area contributed by atoms with E-state index in [1.807, 2.05) is 54.3 Å². The Morgan fingerprint density at radius 2 is 1.82 bits per heavy atom. The van der Waals surface area contributed by atoms with Crippen LogP contribution in [0.5, 0.6) is 5.75 Å². The van der Waals surface area contributed by atoms with Crippen molar-refractivity contribution in [3.05, 3.63) is 70.4 Å². The first-order valence-electron chi connectivity index (χ1n) is 8.77. The number of methoxy groups -OCH3 is 1. The highest BCUT2D eigenvalue weighted by Crippen LogP contribution is 2.39. The number of thiocarbonyl (C=S) groups is 1. The molecule has 3 rings (SSSR count). The number of carbonyl (C=O) groups is 1. The number of anilines is 1. The average Bonchev–Trinajstić information content (AvgIpc) is 2.68. The molecule has 146 valence electrons. The molecule has 2 aromatic carbocycles. The fourth-order valence-electron chi connectivity index (χ4n) is 3.31. The van der Waals surface area contributed by atoms with Gasteiger partial charge in [-0.05, 0) is 42.9 Å². The molecule has 1 aliphatic rings. The number of para-hydroxylation sites is 2. The number of rotatable bonds is 4. The van der Waals surface area contributed by atoms with Crippen molar-refractivity contribution in [1.29, 1.82) is 0 Å². The van der Waals surface area contributed by atoms with E-state index in [0.717, 1.165) is 16.9 Å². The fraction of sp³-hybridized carbons (Fsp3) is 0.238. The molecule has 0 unspecified atom stereocenters. The second-order valence-electron chi connectivity index (χ2n) is 6.61. The lowest BCUT2D eigenvalue weighted by Gasteiger charge is -2.39. The third kappa shape index (κ3) is 3.57. The van der Waals surface area contributed by atoms with Crippen molar-refractivity contribution in [2.45, 2.75) is 13.0 Å². The van der Waals surface area contributed by atoms with Crippen molar-refractivity contribution in [2.24, 2.45) is 0 Å². The van der Waals surface area contributed by atoms with Crippen LogP contribution in [0.3, 0.4) is 0 Å². The summed E-state index contributed by atoms with van der Waals surface area (Å²) in [5.74, 6) is 0.552. The van der Waals surface area contributed by atoms with Gasteiger partial charge in [-0.1, -0.05) is 41.9 Å². The zero-order chi connectivity index (χ0) is 20.4. The van der Waals surface area contributed by atoms with E-state index >= 15 is 0 Å². The quantitative estimate of drug-likeness (QED) is 0.760. The Morgan fingerprint density at radius 1 is 1.18 bits per heavy atom. The van der Waals surface area contributed by atoms with Gasteiger partial charge in [0.2, 0.25) is 0 Å². The summed E-state index contributed by atoms with van der Waals surface area (Å²) >= 11 is 12.1. The second kappa shape index (κ2) is 8.20. The molecule has 0 radical (unpaired) electrons. The van der Waals surface area contributed by atoms with Gasteiger partial charge in [-0.25, -0.2) is 0 Å². The number of ether oxygens (including phenoxy) is 1. The summed E-state index contributed by atoms with van der Waals surface area (Å²) < 4.78 is 5.50. The molecule has 0 saturated carbocycles. The number of allylic oxidation sites excluding steroid dienone is 1. The Kier molecular flexibility index (Phi) is 5.91. The first-order valence-corrected chi connectivity index (χ1v) is 9.56. The summed E-state index contributed by atoms with van der Waals surface area (Å²) in [5, 5.41) is 4.35. The van der Waals surface area contributed by atoms with Crippen molar-refractivity contribution >= 4 is 40.5 Å². The first-order chi connectivity index (χ1) is 13.4. The number of nitrogens with one attached hydrogen (secondary N) is 1. The Morgan fingerprint density at radius 3 is 2.46 bits per heavy atom. The van der Waals surface area contributed by atoms with Crippen LogP contribution in [0.2, 0.25) is 5.02 Å². The van der Waals surface area contributed by atoms with Crippen LogP contribution in [0.4, 0.5) is 5.69 Å². The maximum Gasteiger partial charge on any atom is 0.253 e. The van der Waals surface area contributed by atoms with Crippen LogP contribution in [0, 0.1) is 0 Å². The van der Waals surface area contributed by atoms with E-state index in [-0.39, 0.29) is 5.91 Å². The molecular formula is C21H22ClN3O2S. The van der Waals surface area contributed by atoms with Crippen LogP contribution in [0.25, 0.3) is 0 Å². The predicted octanol–water partition coefficient (Wildman–Crippen LogP) is 4.15. The largest absolute Gasteiger partial charge is 0.495 e. The lowest BCUT2D eigenvalue weighted by Crippen LogP contribution is -2.49. The molecule has 0 saturated heterocycles. The molecule has 0 fully saturated rings. The van der Waals surface area contributed by atoms with Crippen LogP contribution in [-0.4, -0.2) is 37.1 Å². The summed E-state index contributed by atoms with van der Waals surface area (Å²) in [6.07, 6.45) is 0. The number of hydrogen-bond acceptors (Lipinski definition) is 3. The van der Waals surface area contributed by atoms with Gasteiger partial charge in [-0.15, -0.1) is 0 Å². The minimum Gasteiger partial charge on any atom is -0.495 e. The first kappa shape index (κ1) is 20.2. The van der Waals surface area contributed by atoms with Crippen LogP contribution in [0.15, 0.2) is 59.8 Å². The number of carbonyl (C=O) groups excluding carboxylic acids is 1. The monoisotopic (exact) mass is 415 g/mol. The molecule has 1 atom stereocenters. The normalized spacial score (nSPS) is 16.7. The van der Waals surface area contributed by atoms with Gasteiger partial charge in [-0.3, -0.25) is 9.69 Å². The van der Waals surface area contributed by atoms with Crippen LogP contribution in [-0.2, 0) is 4.79 Å². The van der Waals surface area contributed by atoms with Gasteiger partial charge >= 0.3 is 0 Å². The van der Waals surface area contributed by atoms with Gasteiger partial charge < -0.3 is 15.0 Å². The Labute approximate surface area is 175 Å². The lowest BCUT2D eigenvalue weighted by atomic mass is 9.93. The molecule has 0 spiro atoms.